The van der Waals surface area contributed by atoms with Gasteiger partial charge < -0.3 is 20.7 Å². The van der Waals surface area contributed by atoms with Crippen molar-refractivity contribution in [1.82, 2.24) is 4.98 Å². The number of alkyl halides is 3. The van der Waals surface area contributed by atoms with Crippen molar-refractivity contribution < 1.29 is 31.9 Å². The Labute approximate surface area is 222 Å². The Balaban J connectivity index is 1.20. The van der Waals surface area contributed by atoms with Crippen molar-refractivity contribution in [3.8, 4) is 11.5 Å². The van der Waals surface area contributed by atoms with Crippen molar-refractivity contribution in [1.29, 1.82) is 0 Å². The van der Waals surface area contributed by atoms with E-state index < -0.39 is 23.6 Å². The third-order valence-electron chi connectivity index (χ3n) is 6.33. The minimum absolute atomic E-state index is 0.0572. The highest BCUT2D eigenvalue weighted by molar-refractivity contribution is 6.00. The Morgan fingerprint density at radius 3 is 2.36 bits per heavy atom. The van der Waals surface area contributed by atoms with Gasteiger partial charge in [0, 0.05) is 59.5 Å². The van der Waals surface area contributed by atoms with Gasteiger partial charge in [-0.25, -0.2) is 9.18 Å². The third-order valence-corrected chi connectivity index (χ3v) is 6.33. The van der Waals surface area contributed by atoms with Crippen LogP contribution in [0.3, 0.4) is 0 Å². The van der Waals surface area contributed by atoms with Gasteiger partial charge in [0.25, 0.3) is 0 Å². The number of halogens is 4. The summed E-state index contributed by atoms with van der Waals surface area (Å²) in [7, 11) is 0. The Hall–Kier alpha value is -4.15. The van der Waals surface area contributed by atoms with E-state index in [1.165, 1.54) is 24.4 Å². The quantitative estimate of drug-likeness (QED) is 0.237. The minimum atomic E-state index is -4.59. The number of ketones is 1. The summed E-state index contributed by atoms with van der Waals surface area (Å²) in [4.78, 5) is 28.6. The number of aryl methyl sites for hydroxylation is 1. The first-order valence-electron chi connectivity index (χ1n) is 12.6. The van der Waals surface area contributed by atoms with Crippen LogP contribution in [0.25, 0.3) is 0 Å². The molecule has 7 nitrogen and oxygen atoms in total. The van der Waals surface area contributed by atoms with Gasteiger partial charge in [-0.3, -0.25) is 9.78 Å². The first kappa shape index (κ1) is 26.5. The number of carbonyl (C=O) groups is 2. The Bertz CT molecular complexity index is 1390. The van der Waals surface area contributed by atoms with E-state index in [4.69, 9.17) is 4.74 Å². The smallest absolute Gasteiger partial charge is 0.416 e. The van der Waals surface area contributed by atoms with Gasteiger partial charge in [-0.15, -0.1) is 0 Å². The minimum Gasteiger partial charge on any atom is -0.454 e. The molecule has 3 aromatic rings. The zero-order chi connectivity index (χ0) is 27.6. The van der Waals surface area contributed by atoms with Crippen molar-refractivity contribution in [2.45, 2.75) is 50.7 Å². The summed E-state index contributed by atoms with van der Waals surface area (Å²) in [5.74, 6) is -0.105. The summed E-state index contributed by atoms with van der Waals surface area (Å²) in [6, 6.07) is 9.49. The summed E-state index contributed by atoms with van der Waals surface area (Å²) in [5, 5.41) is 7.78. The average Bonchev–Trinajstić information content (AvgIpc) is 3.79. The average molecular weight is 543 g/mol. The summed E-state index contributed by atoms with van der Waals surface area (Å²) < 4.78 is 60.3. The summed E-state index contributed by atoms with van der Waals surface area (Å²) in [6.45, 7) is 0. The van der Waals surface area contributed by atoms with Crippen LogP contribution in [0.4, 0.5) is 39.4 Å². The molecule has 3 N–H and O–H groups in total. The highest BCUT2D eigenvalue weighted by atomic mass is 19.4. The predicted molar refractivity (Wildman–Crippen MR) is 137 cm³/mol. The topological polar surface area (TPSA) is 92.3 Å². The summed E-state index contributed by atoms with van der Waals surface area (Å²) in [5.41, 5.74) is 0.0311. The van der Waals surface area contributed by atoms with Gasteiger partial charge in [-0.1, -0.05) is 0 Å². The number of carbonyl (C=O) groups excluding carboxylic acids is 2. The van der Waals surface area contributed by atoms with Crippen LogP contribution >= 0.6 is 0 Å². The van der Waals surface area contributed by atoms with E-state index in [1.807, 2.05) is 0 Å². The monoisotopic (exact) mass is 542 g/mol. The molecule has 2 fully saturated rings. The molecule has 0 saturated heterocycles. The summed E-state index contributed by atoms with van der Waals surface area (Å²) in [6.07, 6.45) is 1.44. The van der Waals surface area contributed by atoms with Gasteiger partial charge in [0.2, 0.25) is 0 Å². The fraction of sp³-hybridized carbons (Fsp3) is 0.321. The first-order valence-corrected chi connectivity index (χ1v) is 12.6. The number of ether oxygens (including phenoxy) is 1. The molecule has 2 aromatic carbocycles. The number of aromatic nitrogens is 1. The number of nitrogens with one attached hydrogen (secondary N) is 3. The molecule has 0 aliphatic heterocycles. The van der Waals surface area contributed by atoms with E-state index in [2.05, 4.69) is 20.9 Å². The number of urea groups is 1. The highest BCUT2D eigenvalue weighted by Crippen LogP contribution is 2.35. The Morgan fingerprint density at radius 1 is 0.923 bits per heavy atom. The molecule has 0 bridgehead atoms. The number of pyridine rings is 1. The SMILES string of the molecule is O=C(Nc1cc(NC2CC2)cc(C(F)(F)F)c1)Nc1ccc(Oc2ccnc(CCC(=O)C3CC3)c2)c(F)c1. The van der Waals surface area contributed by atoms with E-state index in [0.29, 0.717) is 24.3 Å². The fourth-order valence-electron chi connectivity index (χ4n) is 4.01. The second-order valence-corrected chi connectivity index (χ2v) is 9.77. The van der Waals surface area contributed by atoms with Gasteiger partial charge in [-0.05, 0) is 68.5 Å². The molecule has 0 unspecified atom stereocenters. The molecule has 0 spiro atoms. The number of Topliss-reactive ketones (excluding diaryl/α,β-unsaturated/α-hetero) is 1. The number of nitrogens with zero attached hydrogens (tertiary/aromatic N) is 1. The molecule has 5 rings (SSSR count). The van der Waals surface area contributed by atoms with Crippen molar-refractivity contribution in [2.24, 2.45) is 5.92 Å². The van der Waals surface area contributed by atoms with Gasteiger partial charge in [0.05, 0.1) is 5.56 Å². The van der Waals surface area contributed by atoms with Crippen LogP contribution in [0.2, 0.25) is 0 Å². The molecule has 11 heteroatoms. The lowest BCUT2D eigenvalue weighted by Gasteiger charge is -2.15. The van der Waals surface area contributed by atoms with E-state index >= 15 is 0 Å². The van der Waals surface area contributed by atoms with Crippen molar-refractivity contribution in [3.05, 3.63) is 71.8 Å². The van der Waals surface area contributed by atoms with Gasteiger partial charge >= 0.3 is 12.2 Å². The maximum absolute atomic E-state index is 14.7. The molecule has 204 valence electrons. The number of rotatable bonds is 10. The standard InChI is InChI=1S/C28H26F4N4O3/c29-24-15-20(6-8-26(24)39-23-9-10-33-19(14-23)5-7-25(37)16-1-2-16)35-27(38)36-22-12-17(28(30,31)32)11-21(13-22)34-18-3-4-18/h6,8-16,18,34H,1-5,7H2,(H2,35,36,38). The molecule has 0 atom stereocenters. The van der Waals surface area contributed by atoms with Gasteiger partial charge in [0.15, 0.2) is 11.6 Å². The number of benzene rings is 2. The van der Waals surface area contributed by atoms with Gasteiger partial charge in [0.1, 0.15) is 11.5 Å². The number of hydrogen-bond acceptors (Lipinski definition) is 5. The van der Waals surface area contributed by atoms with E-state index in [0.717, 1.165) is 43.9 Å². The third kappa shape index (κ3) is 7.46. The van der Waals surface area contributed by atoms with E-state index in [9.17, 15) is 27.2 Å². The maximum atomic E-state index is 14.7. The van der Waals surface area contributed by atoms with Crippen LogP contribution in [0.5, 0.6) is 11.5 Å². The van der Waals surface area contributed by atoms with Gasteiger partial charge in [-0.2, -0.15) is 13.2 Å². The molecular weight excluding hydrogens is 516 g/mol. The van der Waals surface area contributed by atoms with Crippen LogP contribution < -0.4 is 20.7 Å². The van der Waals surface area contributed by atoms with Crippen LogP contribution in [-0.4, -0.2) is 22.8 Å². The number of amides is 2. The molecule has 39 heavy (non-hydrogen) atoms. The Morgan fingerprint density at radius 2 is 1.67 bits per heavy atom. The van der Waals surface area contributed by atoms with Crippen molar-refractivity contribution in [3.63, 3.8) is 0 Å². The molecule has 1 heterocycles. The van der Waals surface area contributed by atoms with Crippen LogP contribution in [-0.2, 0) is 17.4 Å². The normalized spacial score (nSPS) is 15.0. The van der Waals surface area contributed by atoms with Crippen LogP contribution in [0.15, 0.2) is 54.7 Å². The maximum Gasteiger partial charge on any atom is 0.416 e. The fourth-order valence-corrected chi connectivity index (χ4v) is 4.01. The lowest BCUT2D eigenvalue weighted by Crippen LogP contribution is -2.20. The molecular formula is C28H26F4N4O3. The molecule has 2 aliphatic rings. The molecule has 2 saturated carbocycles. The van der Waals surface area contributed by atoms with Crippen LogP contribution in [0, 0.1) is 11.7 Å². The summed E-state index contributed by atoms with van der Waals surface area (Å²) >= 11 is 0. The first-order chi connectivity index (χ1) is 18.6. The van der Waals surface area contributed by atoms with Crippen molar-refractivity contribution >= 4 is 28.9 Å². The molecule has 1 aromatic heterocycles. The largest absolute Gasteiger partial charge is 0.454 e. The second kappa shape index (κ2) is 10.9. The number of anilines is 3. The van der Waals surface area contributed by atoms with Crippen molar-refractivity contribution in [2.75, 3.05) is 16.0 Å². The number of hydrogen-bond donors (Lipinski definition) is 3. The zero-order valence-corrected chi connectivity index (χ0v) is 20.8. The molecule has 0 radical (unpaired) electrons. The predicted octanol–water partition coefficient (Wildman–Crippen LogP) is 7.16. The molecule has 2 amide bonds. The lowest BCUT2D eigenvalue weighted by atomic mass is 10.1. The Kier molecular flexibility index (Phi) is 7.40. The van der Waals surface area contributed by atoms with E-state index in [1.54, 1.807) is 12.1 Å². The van der Waals surface area contributed by atoms with E-state index in [-0.39, 0.29) is 40.6 Å². The second-order valence-electron chi connectivity index (χ2n) is 9.77. The molecule has 2 aliphatic carbocycles. The highest BCUT2D eigenvalue weighted by Gasteiger charge is 2.32. The lowest BCUT2D eigenvalue weighted by molar-refractivity contribution is -0.137. The zero-order valence-electron chi connectivity index (χ0n) is 20.8. The van der Waals surface area contributed by atoms with Crippen LogP contribution in [0.1, 0.15) is 43.4 Å².